The van der Waals surface area contributed by atoms with Crippen molar-refractivity contribution in [2.75, 3.05) is 40.3 Å². The molecule has 2 amide bonds. The quantitative estimate of drug-likeness (QED) is 0.877. The average Bonchev–Trinajstić information content (AvgIpc) is 2.72. The molecule has 6 nitrogen and oxygen atoms in total. The first kappa shape index (κ1) is 18.9. The third-order valence-corrected chi connectivity index (χ3v) is 4.82. The zero-order valence-corrected chi connectivity index (χ0v) is 15.7. The number of hydrogen-bond acceptors (Lipinski definition) is 4. The molecule has 1 aliphatic heterocycles. The molecule has 0 radical (unpaired) electrons. The Labute approximate surface area is 159 Å². The number of ether oxygens (including phenoxy) is 1. The highest BCUT2D eigenvalue weighted by Gasteiger charge is 2.29. The lowest BCUT2D eigenvalue weighted by atomic mass is 10.0. The molecule has 2 aromatic rings. The van der Waals surface area contributed by atoms with Gasteiger partial charge in [0.25, 0.3) is 5.91 Å². The Balaban J connectivity index is 1.79. The van der Waals surface area contributed by atoms with Crippen molar-refractivity contribution >= 4 is 11.8 Å². The Bertz CT molecular complexity index is 769. The van der Waals surface area contributed by atoms with Crippen molar-refractivity contribution in [2.45, 2.75) is 6.04 Å². The van der Waals surface area contributed by atoms with E-state index < -0.39 is 6.04 Å². The van der Waals surface area contributed by atoms with Crippen LogP contribution >= 0.6 is 0 Å². The molecule has 0 spiro atoms. The highest BCUT2D eigenvalue weighted by Crippen LogP contribution is 2.19. The summed E-state index contributed by atoms with van der Waals surface area (Å²) in [4.78, 5) is 29.9. The largest absolute Gasteiger partial charge is 0.497 e. The molecule has 3 rings (SSSR count). The normalized spacial score (nSPS) is 15.9. The molecule has 1 N–H and O–H groups in total. The molecule has 1 atom stereocenters. The second-order valence-electron chi connectivity index (χ2n) is 6.67. The van der Waals surface area contributed by atoms with Crippen LogP contribution in [0.4, 0.5) is 0 Å². The number of hydrogen-bond donors (Lipinski definition) is 1. The molecule has 0 bridgehead atoms. The Morgan fingerprint density at radius 2 is 1.59 bits per heavy atom. The molecule has 2 aromatic carbocycles. The number of amides is 2. The summed E-state index contributed by atoms with van der Waals surface area (Å²) in [6.07, 6.45) is 0. The van der Waals surface area contributed by atoms with Gasteiger partial charge in [0.05, 0.1) is 7.11 Å². The average molecular weight is 367 g/mol. The second kappa shape index (κ2) is 8.68. The summed E-state index contributed by atoms with van der Waals surface area (Å²) in [5.74, 6) is 0.324. The van der Waals surface area contributed by atoms with E-state index in [0.29, 0.717) is 24.4 Å². The van der Waals surface area contributed by atoms with Crippen LogP contribution in [0.5, 0.6) is 5.75 Å². The Morgan fingerprint density at radius 1 is 0.963 bits per heavy atom. The van der Waals surface area contributed by atoms with Gasteiger partial charge in [-0.05, 0) is 36.9 Å². The van der Waals surface area contributed by atoms with Gasteiger partial charge in [0.1, 0.15) is 11.8 Å². The van der Waals surface area contributed by atoms with Gasteiger partial charge in [-0.2, -0.15) is 0 Å². The smallest absolute Gasteiger partial charge is 0.252 e. The molecule has 0 aliphatic carbocycles. The summed E-state index contributed by atoms with van der Waals surface area (Å²) < 4.78 is 5.13. The zero-order chi connectivity index (χ0) is 19.2. The van der Waals surface area contributed by atoms with Crippen LogP contribution in [-0.4, -0.2) is 62.0 Å². The highest BCUT2D eigenvalue weighted by atomic mass is 16.5. The fourth-order valence-corrected chi connectivity index (χ4v) is 3.10. The molecule has 142 valence electrons. The van der Waals surface area contributed by atoms with Crippen molar-refractivity contribution in [3.8, 4) is 5.75 Å². The van der Waals surface area contributed by atoms with Gasteiger partial charge in [-0.1, -0.05) is 30.3 Å². The number of benzene rings is 2. The number of carbonyl (C=O) groups is 2. The highest BCUT2D eigenvalue weighted by molar-refractivity contribution is 5.98. The van der Waals surface area contributed by atoms with E-state index in [1.165, 1.54) is 0 Å². The zero-order valence-electron chi connectivity index (χ0n) is 15.7. The second-order valence-corrected chi connectivity index (χ2v) is 6.67. The molecule has 1 fully saturated rings. The number of nitrogens with one attached hydrogen (secondary N) is 1. The number of rotatable bonds is 5. The number of nitrogens with zero attached hydrogens (tertiary/aromatic N) is 2. The van der Waals surface area contributed by atoms with Crippen LogP contribution in [0.1, 0.15) is 22.0 Å². The SMILES string of the molecule is COc1ccc(C(=O)N[C@H](C(=O)N2CCN(C)CC2)c2ccccc2)cc1. The fraction of sp³-hybridized carbons (Fsp3) is 0.333. The van der Waals surface area contributed by atoms with E-state index in [1.807, 2.05) is 42.3 Å². The van der Waals surface area contributed by atoms with E-state index in [-0.39, 0.29) is 11.8 Å². The first-order chi connectivity index (χ1) is 13.1. The number of piperazine rings is 1. The van der Waals surface area contributed by atoms with Crippen LogP contribution < -0.4 is 10.1 Å². The van der Waals surface area contributed by atoms with Crippen LogP contribution in [0.25, 0.3) is 0 Å². The first-order valence-corrected chi connectivity index (χ1v) is 9.05. The van der Waals surface area contributed by atoms with Crippen molar-refractivity contribution in [1.82, 2.24) is 15.1 Å². The van der Waals surface area contributed by atoms with Gasteiger partial charge in [-0.25, -0.2) is 0 Å². The molecule has 6 heteroatoms. The van der Waals surface area contributed by atoms with Crippen molar-refractivity contribution < 1.29 is 14.3 Å². The molecule has 0 aromatic heterocycles. The lowest BCUT2D eigenvalue weighted by Gasteiger charge is -2.35. The predicted molar refractivity (Wildman–Crippen MR) is 104 cm³/mol. The minimum absolute atomic E-state index is 0.0730. The van der Waals surface area contributed by atoms with Gasteiger partial charge in [-0.3, -0.25) is 9.59 Å². The van der Waals surface area contributed by atoms with E-state index in [4.69, 9.17) is 4.74 Å². The predicted octanol–water partition coefficient (Wildman–Crippen LogP) is 1.94. The number of methoxy groups -OCH3 is 1. The lowest BCUT2D eigenvalue weighted by Crippen LogP contribution is -2.51. The third-order valence-electron chi connectivity index (χ3n) is 4.82. The van der Waals surface area contributed by atoms with Gasteiger partial charge in [-0.15, -0.1) is 0 Å². The fourth-order valence-electron chi connectivity index (χ4n) is 3.10. The van der Waals surface area contributed by atoms with Crippen molar-refractivity contribution in [1.29, 1.82) is 0 Å². The van der Waals surface area contributed by atoms with E-state index in [0.717, 1.165) is 18.7 Å². The summed E-state index contributed by atoms with van der Waals surface area (Å²) >= 11 is 0. The number of likely N-dealkylation sites (N-methyl/N-ethyl adjacent to an activating group) is 1. The van der Waals surface area contributed by atoms with Crippen molar-refractivity contribution in [2.24, 2.45) is 0 Å². The van der Waals surface area contributed by atoms with Crippen LogP contribution in [0.3, 0.4) is 0 Å². The third kappa shape index (κ3) is 4.65. The summed E-state index contributed by atoms with van der Waals surface area (Å²) in [5.41, 5.74) is 1.27. The van der Waals surface area contributed by atoms with Gasteiger partial charge in [0.15, 0.2) is 0 Å². The van der Waals surface area contributed by atoms with Crippen LogP contribution in [-0.2, 0) is 4.79 Å². The first-order valence-electron chi connectivity index (χ1n) is 9.05. The number of carbonyl (C=O) groups excluding carboxylic acids is 2. The van der Waals surface area contributed by atoms with E-state index >= 15 is 0 Å². The molecule has 27 heavy (non-hydrogen) atoms. The standard InChI is InChI=1S/C21H25N3O3/c1-23-12-14-24(15-13-23)21(26)19(16-6-4-3-5-7-16)22-20(25)17-8-10-18(27-2)11-9-17/h3-11,19H,12-15H2,1-2H3,(H,22,25)/t19-/m0/s1. The van der Waals surface area contributed by atoms with Crippen molar-refractivity contribution in [3.63, 3.8) is 0 Å². The van der Waals surface area contributed by atoms with Crippen LogP contribution in [0, 0.1) is 0 Å². The van der Waals surface area contributed by atoms with Crippen LogP contribution in [0.2, 0.25) is 0 Å². The Morgan fingerprint density at radius 3 is 2.19 bits per heavy atom. The molecule has 1 heterocycles. The lowest BCUT2D eigenvalue weighted by molar-refractivity contribution is -0.135. The van der Waals surface area contributed by atoms with Gasteiger partial charge in [0, 0.05) is 31.7 Å². The van der Waals surface area contributed by atoms with Gasteiger partial charge < -0.3 is 19.9 Å². The molecule has 0 unspecified atom stereocenters. The van der Waals surface area contributed by atoms with E-state index in [1.54, 1.807) is 31.4 Å². The van der Waals surface area contributed by atoms with Crippen molar-refractivity contribution in [3.05, 3.63) is 65.7 Å². The van der Waals surface area contributed by atoms with Crippen LogP contribution in [0.15, 0.2) is 54.6 Å². The van der Waals surface area contributed by atoms with E-state index in [2.05, 4.69) is 10.2 Å². The van der Waals surface area contributed by atoms with E-state index in [9.17, 15) is 9.59 Å². The molecular formula is C21H25N3O3. The summed E-state index contributed by atoms with van der Waals surface area (Å²) in [7, 11) is 3.62. The minimum atomic E-state index is -0.704. The summed E-state index contributed by atoms with van der Waals surface area (Å²) in [5, 5.41) is 2.91. The van der Waals surface area contributed by atoms with Gasteiger partial charge >= 0.3 is 0 Å². The molecule has 1 aliphatic rings. The molecule has 0 saturated carbocycles. The maximum atomic E-state index is 13.1. The Hall–Kier alpha value is -2.86. The summed E-state index contributed by atoms with van der Waals surface area (Å²) in [6.45, 7) is 2.99. The minimum Gasteiger partial charge on any atom is -0.497 e. The monoisotopic (exact) mass is 367 g/mol. The maximum Gasteiger partial charge on any atom is 0.252 e. The Kier molecular flexibility index (Phi) is 6.08. The maximum absolute atomic E-state index is 13.1. The molecule has 1 saturated heterocycles. The summed E-state index contributed by atoms with van der Waals surface area (Å²) in [6, 6.07) is 15.5. The molecular weight excluding hydrogens is 342 g/mol. The topological polar surface area (TPSA) is 61.9 Å². The van der Waals surface area contributed by atoms with Gasteiger partial charge in [0.2, 0.25) is 5.91 Å².